The van der Waals surface area contributed by atoms with Gasteiger partial charge in [-0.3, -0.25) is 9.78 Å². The van der Waals surface area contributed by atoms with Gasteiger partial charge in [0.15, 0.2) is 5.82 Å². The lowest BCUT2D eigenvalue weighted by molar-refractivity contribution is -0.137. The molecule has 3 aromatic rings. The summed E-state index contributed by atoms with van der Waals surface area (Å²) in [6.45, 7) is 0. The number of carbonyl (C=O) groups excluding carboxylic acids is 1. The highest BCUT2D eigenvalue weighted by Gasteiger charge is 2.30. The van der Waals surface area contributed by atoms with Crippen molar-refractivity contribution in [3.63, 3.8) is 0 Å². The minimum atomic E-state index is -4.43. The Labute approximate surface area is 150 Å². The van der Waals surface area contributed by atoms with Crippen LogP contribution in [0.2, 0.25) is 5.02 Å². The summed E-state index contributed by atoms with van der Waals surface area (Å²) in [5, 5.41) is 2.85. The maximum Gasteiger partial charge on any atom is 0.416 e. The molecule has 2 heterocycles. The van der Waals surface area contributed by atoms with Crippen LogP contribution in [0, 0.1) is 0 Å². The summed E-state index contributed by atoms with van der Waals surface area (Å²) in [6.07, 6.45) is -0.325. The van der Waals surface area contributed by atoms with Gasteiger partial charge in [-0.2, -0.15) is 13.2 Å². The van der Waals surface area contributed by atoms with Crippen LogP contribution < -0.4 is 5.32 Å². The van der Waals surface area contributed by atoms with Gasteiger partial charge in [0.25, 0.3) is 5.91 Å². The fraction of sp³-hybridized carbons (Fsp3) is 0.0588. The van der Waals surface area contributed by atoms with Gasteiger partial charge in [-0.05, 0) is 36.4 Å². The van der Waals surface area contributed by atoms with Gasteiger partial charge >= 0.3 is 6.18 Å². The number of benzene rings is 1. The molecular formula is C17H10ClF3N4O. The number of aromatic nitrogens is 3. The van der Waals surface area contributed by atoms with Gasteiger partial charge in [0, 0.05) is 24.3 Å². The van der Waals surface area contributed by atoms with E-state index in [-0.39, 0.29) is 17.1 Å². The van der Waals surface area contributed by atoms with E-state index in [1.54, 1.807) is 12.1 Å². The van der Waals surface area contributed by atoms with Crippen LogP contribution in [0.25, 0.3) is 11.5 Å². The van der Waals surface area contributed by atoms with Gasteiger partial charge in [0.05, 0.1) is 16.1 Å². The van der Waals surface area contributed by atoms with Crippen molar-refractivity contribution in [1.29, 1.82) is 0 Å². The largest absolute Gasteiger partial charge is 0.416 e. The molecule has 0 saturated carbocycles. The number of anilines is 1. The molecule has 0 atom stereocenters. The number of carbonyl (C=O) groups is 1. The number of rotatable bonds is 3. The molecule has 2 aromatic heterocycles. The van der Waals surface area contributed by atoms with Crippen molar-refractivity contribution >= 4 is 23.2 Å². The Balaban J connectivity index is 1.73. The smallest absolute Gasteiger partial charge is 0.322 e. The van der Waals surface area contributed by atoms with Crippen molar-refractivity contribution in [3.8, 4) is 11.5 Å². The number of amides is 1. The molecular weight excluding hydrogens is 369 g/mol. The molecule has 5 nitrogen and oxygen atoms in total. The Hall–Kier alpha value is -3.00. The molecule has 0 aliphatic carbocycles. The summed E-state index contributed by atoms with van der Waals surface area (Å²) in [6, 6.07) is 7.42. The molecule has 132 valence electrons. The van der Waals surface area contributed by atoms with Crippen molar-refractivity contribution in [3.05, 3.63) is 71.1 Å². The normalized spacial score (nSPS) is 11.2. The third-order valence-electron chi connectivity index (χ3n) is 3.35. The molecule has 9 heteroatoms. The fourth-order valence-electron chi connectivity index (χ4n) is 2.06. The SMILES string of the molecule is O=C(Nc1ccc(C(F)(F)F)cc1)c1cnc(-c2ncccc2Cl)nc1. The molecule has 0 bridgehead atoms. The van der Waals surface area contributed by atoms with E-state index >= 15 is 0 Å². The number of halogens is 4. The van der Waals surface area contributed by atoms with Crippen LogP contribution in [0.15, 0.2) is 55.0 Å². The quantitative estimate of drug-likeness (QED) is 0.730. The van der Waals surface area contributed by atoms with Crippen molar-refractivity contribution in [2.75, 3.05) is 5.32 Å². The number of hydrogen-bond donors (Lipinski definition) is 1. The fourth-order valence-corrected chi connectivity index (χ4v) is 2.27. The minimum Gasteiger partial charge on any atom is -0.322 e. The first kappa shape index (κ1) is 17.8. The molecule has 0 fully saturated rings. The second-order valence-corrected chi connectivity index (χ2v) is 5.57. The lowest BCUT2D eigenvalue weighted by atomic mass is 10.2. The van der Waals surface area contributed by atoms with E-state index in [9.17, 15) is 18.0 Å². The van der Waals surface area contributed by atoms with Crippen molar-refractivity contribution in [1.82, 2.24) is 15.0 Å². The molecule has 0 aliphatic heterocycles. The van der Waals surface area contributed by atoms with E-state index in [2.05, 4.69) is 20.3 Å². The predicted molar refractivity (Wildman–Crippen MR) is 89.7 cm³/mol. The van der Waals surface area contributed by atoms with Crippen LogP contribution in [0.4, 0.5) is 18.9 Å². The number of alkyl halides is 3. The number of pyridine rings is 1. The summed E-state index contributed by atoms with van der Waals surface area (Å²) in [5.41, 5.74) is -0.0557. The standard InChI is InChI=1S/C17H10ClF3N4O/c18-13-2-1-7-22-14(13)15-23-8-10(9-24-15)16(26)25-12-5-3-11(4-6-12)17(19,20)21/h1-9H,(H,25,26). The molecule has 0 aliphatic rings. The van der Waals surface area contributed by atoms with Gasteiger partial charge in [0.2, 0.25) is 0 Å². The molecule has 0 unspecified atom stereocenters. The van der Waals surface area contributed by atoms with Crippen molar-refractivity contribution in [2.24, 2.45) is 0 Å². The van der Waals surface area contributed by atoms with E-state index in [1.807, 2.05) is 0 Å². The lowest BCUT2D eigenvalue weighted by Crippen LogP contribution is -2.13. The van der Waals surface area contributed by atoms with Crippen LogP contribution in [0.5, 0.6) is 0 Å². The number of nitrogens with one attached hydrogen (secondary N) is 1. The Morgan fingerprint density at radius 1 is 1.00 bits per heavy atom. The zero-order chi connectivity index (χ0) is 18.7. The van der Waals surface area contributed by atoms with Gasteiger partial charge in [-0.25, -0.2) is 9.97 Å². The molecule has 3 rings (SSSR count). The third kappa shape index (κ3) is 3.97. The van der Waals surface area contributed by atoms with Gasteiger partial charge in [0.1, 0.15) is 5.69 Å². The van der Waals surface area contributed by atoms with Crippen LogP contribution in [0.1, 0.15) is 15.9 Å². The Morgan fingerprint density at radius 2 is 1.65 bits per heavy atom. The van der Waals surface area contributed by atoms with Crippen LogP contribution in [-0.2, 0) is 6.18 Å². The van der Waals surface area contributed by atoms with E-state index in [4.69, 9.17) is 11.6 Å². The first-order valence-electron chi connectivity index (χ1n) is 7.26. The molecule has 1 amide bonds. The molecule has 26 heavy (non-hydrogen) atoms. The second kappa shape index (κ2) is 7.09. The zero-order valence-corrected chi connectivity index (χ0v) is 13.7. The van der Waals surface area contributed by atoms with E-state index in [0.717, 1.165) is 12.1 Å². The minimum absolute atomic E-state index is 0.140. The van der Waals surface area contributed by atoms with Gasteiger partial charge in [-0.1, -0.05) is 11.6 Å². The highest BCUT2D eigenvalue weighted by Crippen LogP contribution is 2.30. The van der Waals surface area contributed by atoms with Crippen molar-refractivity contribution < 1.29 is 18.0 Å². The van der Waals surface area contributed by atoms with E-state index in [0.29, 0.717) is 10.7 Å². The highest BCUT2D eigenvalue weighted by molar-refractivity contribution is 6.32. The van der Waals surface area contributed by atoms with E-state index in [1.165, 1.54) is 30.7 Å². The van der Waals surface area contributed by atoms with Crippen LogP contribution >= 0.6 is 11.6 Å². The highest BCUT2D eigenvalue weighted by atomic mass is 35.5. The van der Waals surface area contributed by atoms with Crippen LogP contribution in [0.3, 0.4) is 0 Å². The molecule has 0 spiro atoms. The summed E-state index contributed by atoms with van der Waals surface area (Å²) < 4.78 is 37.6. The number of hydrogen-bond acceptors (Lipinski definition) is 4. The average Bonchev–Trinajstić information content (AvgIpc) is 2.62. The van der Waals surface area contributed by atoms with Crippen LogP contribution in [-0.4, -0.2) is 20.9 Å². The summed E-state index contributed by atoms with van der Waals surface area (Å²) in [7, 11) is 0. The Bertz CT molecular complexity index is 928. The Kier molecular flexibility index (Phi) is 4.85. The van der Waals surface area contributed by atoms with Crippen molar-refractivity contribution in [2.45, 2.75) is 6.18 Å². The maximum absolute atomic E-state index is 12.5. The summed E-state index contributed by atoms with van der Waals surface area (Å²) >= 11 is 6.01. The maximum atomic E-state index is 12.5. The summed E-state index contributed by atoms with van der Waals surface area (Å²) in [5.74, 6) is -0.301. The molecule has 1 aromatic carbocycles. The average molecular weight is 379 g/mol. The second-order valence-electron chi connectivity index (χ2n) is 5.16. The first-order chi connectivity index (χ1) is 12.3. The van der Waals surface area contributed by atoms with Gasteiger partial charge < -0.3 is 5.32 Å². The molecule has 1 N–H and O–H groups in total. The molecule has 0 saturated heterocycles. The predicted octanol–water partition coefficient (Wildman–Crippen LogP) is 4.46. The topological polar surface area (TPSA) is 67.8 Å². The van der Waals surface area contributed by atoms with E-state index < -0.39 is 17.6 Å². The molecule has 0 radical (unpaired) electrons. The zero-order valence-electron chi connectivity index (χ0n) is 13.0. The summed E-state index contributed by atoms with van der Waals surface area (Å²) in [4.78, 5) is 24.3. The third-order valence-corrected chi connectivity index (χ3v) is 3.66. The first-order valence-corrected chi connectivity index (χ1v) is 7.64. The number of nitrogens with zero attached hydrogens (tertiary/aromatic N) is 3. The monoisotopic (exact) mass is 378 g/mol. The Morgan fingerprint density at radius 3 is 2.23 bits per heavy atom. The lowest BCUT2D eigenvalue weighted by Gasteiger charge is -2.09. The van der Waals surface area contributed by atoms with Gasteiger partial charge in [-0.15, -0.1) is 0 Å².